The molecule has 27 heavy (non-hydrogen) atoms. The van der Waals surface area contributed by atoms with Crippen molar-refractivity contribution in [2.45, 2.75) is 18.4 Å². The van der Waals surface area contributed by atoms with Crippen LogP contribution in [-0.4, -0.2) is 53.2 Å². The number of hydrogen-bond donors (Lipinski definition) is 2. The number of aliphatic hydroxyl groups is 1. The van der Waals surface area contributed by atoms with E-state index in [2.05, 4.69) is 15.5 Å². The zero-order valence-electron chi connectivity index (χ0n) is 14.8. The number of nitrogens with zero attached hydrogens (tertiary/aromatic N) is 3. The summed E-state index contributed by atoms with van der Waals surface area (Å²) < 4.78 is 0. The quantitative estimate of drug-likeness (QED) is 0.444. The van der Waals surface area contributed by atoms with Crippen molar-refractivity contribution in [2.75, 3.05) is 25.5 Å². The molecule has 3 rings (SSSR count). The minimum atomic E-state index is -0.946. The molecule has 1 fully saturated rings. The Bertz CT molecular complexity index is 829. The normalized spacial score (nSPS) is 16.7. The van der Waals surface area contributed by atoms with E-state index in [1.165, 1.54) is 18.4 Å². The predicted molar refractivity (Wildman–Crippen MR) is 101 cm³/mol. The first kappa shape index (κ1) is 19.0. The lowest BCUT2D eigenvalue weighted by Gasteiger charge is -2.38. The van der Waals surface area contributed by atoms with E-state index in [1.807, 2.05) is 30.3 Å². The number of amides is 2. The predicted octanol–water partition coefficient (Wildman–Crippen LogP) is 1.57. The van der Waals surface area contributed by atoms with Crippen molar-refractivity contribution in [3.8, 4) is 0 Å². The van der Waals surface area contributed by atoms with E-state index < -0.39 is 5.60 Å². The van der Waals surface area contributed by atoms with E-state index in [0.29, 0.717) is 43.2 Å². The third-order valence-corrected chi connectivity index (χ3v) is 5.28. The van der Waals surface area contributed by atoms with Gasteiger partial charge in [0.05, 0.1) is 5.60 Å². The van der Waals surface area contributed by atoms with E-state index >= 15 is 0 Å². The monoisotopic (exact) mass is 388 g/mol. The van der Waals surface area contributed by atoms with Gasteiger partial charge in [-0.05, 0) is 18.4 Å². The molecule has 2 N–H and O–H groups in total. The van der Waals surface area contributed by atoms with Crippen LogP contribution in [-0.2, 0) is 20.0 Å². The number of carbonyl (C=O) groups is 2. The number of piperidine rings is 1. The van der Waals surface area contributed by atoms with Crippen LogP contribution < -0.4 is 5.32 Å². The number of likely N-dealkylation sites (tertiary alicyclic amines) is 1. The highest BCUT2D eigenvalue weighted by atomic mass is 32.1. The van der Waals surface area contributed by atoms with Gasteiger partial charge in [0.2, 0.25) is 6.41 Å². The van der Waals surface area contributed by atoms with Crippen molar-refractivity contribution in [3.63, 3.8) is 0 Å². The van der Waals surface area contributed by atoms with Crippen LogP contribution in [0.15, 0.2) is 40.9 Å². The minimum absolute atomic E-state index is 0.0675. The molecular formula is C18H20N4O4S. The lowest BCUT2D eigenvalue weighted by atomic mass is 9.84. The van der Waals surface area contributed by atoms with Gasteiger partial charge in [-0.3, -0.25) is 9.59 Å². The van der Waals surface area contributed by atoms with Gasteiger partial charge in [-0.25, -0.2) is 4.98 Å². The van der Waals surface area contributed by atoms with Crippen LogP contribution in [0.5, 0.6) is 0 Å². The van der Waals surface area contributed by atoms with Crippen molar-refractivity contribution >= 4 is 34.5 Å². The maximum atomic E-state index is 12.9. The van der Waals surface area contributed by atoms with E-state index in [4.69, 9.17) is 4.84 Å². The standard InChI is InChI=1S/C18H20N4O4S/c1-26-21-15(14-11-27-17(20-14)19-12-23)16(24)22-9-7-18(25,8-10-22)13-5-3-2-4-6-13/h2-6,11-12,25H,7-10H2,1H3,(H,19,20,23)/b21-15+. The second-order valence-electron chi connectivity index (χ2n) is 6.11. The van der Waals surface area contributed by atoms with Crippen molar-refractivity contribution in [2.24, 2.45) is 5.16 Å². The van der Waals surface area contributed by atoms with Gasteiger partial charge < -0.3 is 20.2 Å². The first-order valence-corrected chi connectivity index (χ1v) is 9.30. The summed E-state index contributed by atoms with van der Waals surface area (Å²) in [6, 6.07) is 9.47. The lowest BCUT2D eigenvalue weighted by Crippen LogP contribution is -2.47. The van der Waals surface area contributed by atoms with Crippen molar-refractivity contribution in [3.05, 3.63) is 47.0 Å². The number of anilines is 1. The molecule has 9 heteroatoms. The summed E-state index contributed by atoms with van der Waals surface area (Å²) in [5.41, 5.74) is 0.308. The first-order valence-electron chi connectivity index (χ1n) is 8.42. The summed E-state index contributed by atoms with van der Waals surface area (Å²) >= 11 is 1.19. The minimum Gasteiger partial charge on any atom is -0.398 e. The van der Waals surface area contributed by atoms with Gasteiger partial charge in [-0.15, -0.1) is 11.3 Å². The Hall–Kier alpha value is -2.78. The molecule has 0 atom stereocenters. The molecule has 0 spiro atoms. The van der Waals surface area contributed by atoms with E-state index in [9.17, 15) is 14.7 Å². The molecule has 1 aromatic carbocycles. The summed E-state index contributed by atoms with van der Waals surface area (Å²) in [5.74, 6) is -0.324. The molecule has 0 radical (unpaired) electrons. The van der Waals surface area contributed by atoms with Gasteiger partial charge in [0, 0.05) is 18.5 Å². The molecule has 2 amide bonds. The molecule has 2 aromatic rings. The van der Waals surface area contributed by atoms with Crippen molar-refractivity contribution in [1.29, 1.82) is 0 Å². The Morgan fingerprint density at radius 2 is 2.07 bits per heavy atom. The molecule has 0 saturated carbocycles. The Morgan fingerprint density at radius 3 is 2.70 bits per heavy atom. The van der Waals surface area contributed by atoms with Gasteiger partial charge in [0.25, 0.3) is 5.91 Å². The van der Waals surface area contributed by atoms with Crippen LogP contribution in [0.25, 0.3) is 0 Å². The number of aromatic nitrogens is 1. The van der Waals surface area contributed by atoms with Crippen LogP contribution in [0.1, 0.15) is 24.1 Å². The third kappa shape index (κ3) is 4.15. The second kappa shape index (κ2) is 8.28. The van der Waals surface area contributed by atoms with Crippen LogP contribution in [0.2, 0.25) is 0 Å². The molecule has 1 saturated heterocycles. The average molecular weight is 388 g/mol. The average Bonchev–Trinajstić information content (AvgIpc) is 3.15. The molecule has 0 aliphatic carbocycles. The van der Waals surface area contributed by atoms with Gasteiger partial charge in [0.1, 0.15) is 12.8 Å². The Kier molecular flexibility index (Phi) is 5.82. The first-order chi connectivity index (χ1) is 13.1. The number of oxime groups is 1. The maximum Gasteiger partial charge on any atom is 0.278 e. The highest BCUT2D eigenvalue weighted by Gasteiger charge is 2.37. The smallest absolute Gasteiger partial charge is 0.278 e. The van der Waals surface area contributed by atoms with E-state index in [-0.39, 0.29) is 11.6 Å². The molecule has 0 bridgehead atoms. The summed E-state index contributed by atoms with van der Waals surface area (Å²) in [6.07, 6.45) is 1.38. The van der Waals surface area contributed by atoms with Gasteiger partial charge in [-0.2, -0.15) is 0 Å². The third-order valence-electron chi connectivity index (χ3n) is 4.50. The number of carbonyl (C=O) groups excluding carboxylic acids is 2. The molecule has 1 aliphatic heterocycles. The largest absolute Gasteiger partial charge is 0.398 e. The van der Waals surface area contributed by atoms with Gasteiger partial charge >= 0.3 is 0 Å². The van der Waals surface area contributed by atoms with E-state index in [1.54, 1.807) is 10.3 Å². The number of benzene rings is 1. The van der Waals surface area contributed by atoms with Crippen molar-refractivity contribution in [1.82, 2.24) is 9.88 Å². The number of hydrogen-bond acceptors (Lipinski definition) is 7. The summed E-state index contributed by atoms with van der Waals surface area (Å²) in [5, 5.41) is 19.2. The van der Waals surface area contributed by atoms with Crippen LogP contribution >= 0.6 is 11.3 Å². The number of thiazole rings is 1. The molecule has 1 aromatic heterocycles. The fourth-order valence-electron chi connectivity index (χ4n) is 3.05. The van der Waals surface area contributed by atoms with Gasteiger partial charge in [0.15, 0.2) is 10.8 Å². The molecule has 0 unspecified atom stereocenters. The molecule has 1 aliphatic rings. The van der Waals surface area contributed by atoms with Crippen LogP contribution in [0.4, 0.5) is 5.13 Å². The summed E-state index contributed by atoms with van der Waals surface area (Å²) in [6.45, 7) is 0.771. The fourth-order valence-corrected chi connectivity index (χ4v) is 3.71. The lowest BCUT2D eigenvalue weighted by molar-refractivity contribution is -0.128. The van der Waals surface area contributed by atoms with Gasteiger partial charge in [-0.1, -0.05) is 35.5 Å². The Morgan fingerprint density at radius 1 is 1.37 bits per heavy atom. The summed E-state index contributed by atoms with van der Waals surface area (Å²) in [4.78, 5) is 34.1. The molecule has 2 heterocycles. The SMILES string of the molecule is CO/N=C(/C(=O)N1CCC(O)(c2ccccc2)CC1)c1csc(NC=O)n1. The summed E-state index contributed by atoms with van der Waals surface area (Å²) in [7, 11) is 1.36. The highest BCUT2D eigenvalue weighted by molar-refractivity contribution is 7.14. The second-order valence-corrected chi connectivity index (χ2v) is 6.97. The molecule has 8 nitrogen and oxygen atoms in total. The topological polar surface area (TPSA) is 104 Å². The zero-order chi connectivity index (χ0) is 19.3. The molecular weight excluding hydrogens is 368 g/mol. The maximum absolute atomic E-state index is 12.9. The fraction of sp³-hybridized carbons (Fsp3) is 0.333. The van der Waals surface area contributed by atoms with Crippen molar-refractivity contribution < 1.29 is 19.5 Å². The molecule has 142 valence electrons. The number of rotatable bonds is 6. The number of nitrogens with one attached hydrogen (secondary N) is 1. The Balaban J connectivity index is 1.73. The Labute approximate surface area is 160 Å². The highest BCUT2D eigenvalue weighted by Crippen LogP contribution is 2.32. The van der Waals surface area contributed by atoms with E-state index in [0.717, 1.165) is 5.56 Å². The van der Waals surface area contributed by atoms with Crippen LogP contribution in [0, 0.1) is 0 Å². The zero-order valence-corrected chi connectivity index (χ0v) is 15.6. The van der Waals surface area contributed by atoms with Crippen LogP contribution in [0.3, 0.4) is 0 Å².